The van der Waals surface area contributed by atoms with E-state index in [0.717, 1.165) is 0 Å². The van der Waals surface area contributed by atoms with Crippen molar-refractivity contribution in [1.82, 2.24) is 10.2 Å². The second kappa shape index (κ2) is 12.2. The highest BCUT2D eigenvalue weighted by Gasteiger charge is 2.43. The van der Waals surface area contributed by atoms with E-state index in [9.17, 15) is 24.5 Å². The molecule has 190 valence electrons. The van der Waals surface area contributed by atoms with Crippen molar-refractivity contribution in [2.24, 2.45) is 10.9 Å². The average Bonchev–Trinajstić information content (AvgIpc) is 2.84. The van der Waals surface area contributed by atoms with Crippen molar-refractivity contribution in [3.05, 3.63) is 75.8 Å². The zero-order valence-corrected chi connectivity index (χ0v) is 20.5. The highest BCUT2D eigenvalue weighted by molar-refractivity contribution is 6.08. The SMILES string of the molecule is CC1=NC(=O)N(CCCNCC(=O)c2ccccc2)C(c2cccc([N+](=O)[O-])c2)C1C(=O)OC(C)C. The Kier molecular flexibility index (Phi) is 9.02. The van der Waals surface area contributed by atoms with E-state index in [4.69, 9.17) is 4.74 Å². The van der Waals surface area contributed by atoms with Crippen LogP contribution in [0.25, 0.3) is 0 Å². The maximum absolute atomic E-state index is 13.0. The van der Waals surface area contributed by atoms with Crippen molar-refractivity contribution in [2.45, 2.75) is 39.3 Å². The number of benzene rings is 2. The lowest BCUT2D eigenvalue weighted by atomic mass is 9.86. The molecule has 0 radical (unpaired) electrons. The van der Waals surface area contributed by atoms with Crippen LogP contribution in [0.3, 0.4) is 0 Å². The van der Waals surface area contributed by atoms with E-state index in [2.05, 4.69) is 10.3 Å². The molecule has 0 aromatic heterocycles. The van der Waals surface area contributed by atoms with Crippen LogP contribution in [0.1, 0.15) is 49.2 Å². The number of non-ortho nitro benzene ring substituents is 1. The van der Waals surface area contributed by atoms with Gasteiger partial charge in [0.05, 0.1) is 23.6 Å². The maximum Gasteiger partial charge on any atom is 0.344 e. The number of ketones is 1. The minimum absolute atomic E-state index is 0.0455. The Balaban J connectivity index is 1.78. The predicted octanol–water partition coefficient (Wildman–Crippen LogP) is 3.96. The Labute approximate surface area is 209 Å². The number of Topliss-reactive ketones (excluding diaryl/α,β-unsaturated/α-hetero) is 1. The number of hydrogen-bond donors (Lipinski definition) is 1. The van der Waals surface area contributed by atoms with Crippen molar-refractivity contribution in [2.75, 3.05) is 19.6 Å². The Bertz CT molecular complexity index is 1150. The quantitative estimate of drug-likeness (QED) is 0.164. The first-order valence-electron chi connectivity index (χ1n) is 11.8. The number of aliphatic imine (C=N–C) groups is 1. The maximum atomic E-state index is 13.0. The highest BCUT2D eigenvalue weighted by atomic mass is 16.6. The van der Waals surface area contributed by atoms with E-state index in [-0.39, 0.29) is 30.7 Å². The zero-order valence-electron chi connectivity index (χ0n) is 20.5. The lowest BCUT2D eigenvalue weighted by molar-refractivity contribution is -0.385. The number of amides is 2. The third-order valence-corrected chi connectivity index (χ3v) is 5.78. The molecule has 0 bridgehead atoms. The van der Waals surface area contributed by atoms with Crippen LogP contribution < -0.4 is 5.32 Å². The number of ether oxygens (including phenoxy) is 1. The molecular formula is C26H30N4O6. The predicted molar refractivity (Wildman–Crippen MR) is 134 cm³/mol. The zero-order chi connectivity index (χ0) is 26.2. The van der Waals surface area contributed by atoms with Crippen LogP contribution in [0, 0.1) is 16.0 Å². The topological polar surface area (TPSA) is 131 Å². The van der Waals surface area contributed by atoms with Crippen molar-refractivity contribution < 1.29 is 24.0 Å². The van der Waals surface area contributed by atoms with Crippen LogP contribution >= 0.6 is 0 Å². The molecular weight excluding hydrogens is 464 g/mol. The summed E-state index contributed by atoms with van der Waals surface area (Å²) in [5.41, 5.74) is 1.21. The molecule has 1 aliphatic rings. The summed E-state index contributed by atoms with van der Waals surface area (Å²) >= 11 is 0. The first-order chi connectivity index (χ1) is 17.2. The van der Waals surface area contributed by atoms with Gasteiger partial charge in [-0.1, -0.05) is 42.5 Å². The summed E-state index contributed by atoms with van der Waals surface area (Å²) in [6.45, 7) is 5.84. The molecule has 10 nitrogen and oxygen atoms in total. The minimum Gasteiger partial charge on any atom is -0.462 e. The van der Waals surface area contributed by atoms with Gasteiger partial charge in [0.15, 0.2) is 5.78 Å². The average molecular weight is 495 g/mol. The summed E-state index contributed by atoms with van der Waals surface area (Å²) in [4.78, 5) is 54.6. The van der Waals surface area contributed by atoms with Gasteiger partial charge in [0.25, 0.3) is 5.69 Å². The van der Waals surface area contributed by atoms with E-state index in [1.165, 1.54) is 23.1 Å². The standard InChI is InChI=1S/C26H30N4O6/c1-17(2)36-25(32)23-18(3)28-26(33)29(24(23)20-11-7-12-21(15-20)30(34)35)14-8-13-27-16-22(31)19-9-5-4-6-10-19/h4-7,9-12,15,17,23-24,27H,8,13-14,16H2,1-3H3. The van der Waals surface area contributed by atoms with Gasteiger partial charge in [-0.05, 0) is 39.3 Å². The third-order valence-electron chi connectivity index (χ3n) is 5.78. The number of carbonyl (C=O) groups excluding carboxylic acids is 3. The van der Waals surface area contributed by atoms with E-state index >= 15 is 0 Å². The van der Waals surface area contributed by atoms with Crippen molar-refractivity contribution in [1.29, 1.82) is 0 Å². The van der Waals surface area contributed by atoms with E-state index in [1.54, 1.807) is 51.1 Å². The summed E-state index contributed by atoms with van der Waals surface area (Å²) in [5.74, 6) is -1.50. The van der Waals surface area contributed by atoms with E-state index in [0.29, 0.717) is 29.8 Å². The number of urea groups is 1. The van der Waals surface area contributed by atoms with Crippen molar-refractivity contribution in [3.8, 4) is 0 Å². The Hall–Kier alpha value is -3.92. The summed E-state index contributed by atoms with van der Waals surface area (Å²) in [5, 5.41) is 14.5. The van der Waals surface area contributed by atoms with Crippen LogP contribution in [0.2, 0.25) is 0 Å². The van der Waals surface area contributed by atoms with Gasteiger partial charge < -0.3 is 15.0 Å². The molecule has 36 heavy (non-hydrogen) atoms. The summed E-state index contributed by atoms with van der Waals surface area (Å²) < 4.78 is 5.44. The van der Waals surface area contributed by atoms with Crippen LogP contribution in [0.5, 0.6) is 0 Å². The Morgan fingerprint density at radius 3 is 2.56 bits per heavy atom. The van der Waals surface area contributed by atoms with E-state index < -0.39 is 28.9 Å². The number of hydrogen-bond acceptors (Lipinski definition) is 7. The van der Waals surface area contributed by atoms with Crippen LogP contribution in [0.4, 0.5) is 10.5 Å². The normalized spacial score (nSPS) is 17.6. The van der Waals surface area contributed by atoms with Gasteiger partial charge in [-0.15, -0.1) is 0 Å². The van der Waals surface area contributed by atoms with Crippen LogP contribution in [-0.2, 0) is 9.53 Å². The molecule has 1 aliphatic heterocycles. The largest absolute Gasteiger partial charge is 0.462 e. The molecule has 1 N–H and O–H groups in total. The fourth-order valence-electron chi connectivity index (χ4n) is 4.15. The van der Waals surface area contributed by atoms with E-state index in [1.807, 2.05) is 6.07 Å². The molecule has 3 rings (SSSR count). The Morgan fingerprint density at radius 2 is 1.89 bits per heavy atom. The molecule has 2 aromatic carbocycles. The molecule has 0 saturated heterocycles. The minimum atomic E-state index is -0.903. The van der Waals surface area contributed by atoms with Crippen LogP contribution in [-0.4, -0.2) is 59.1 Å². The van der Waals surface area contributed by atoms with Crippen molar-refractivity contribution >= 4 is 29.2 Å². The number of nitro benzene ring substituents is 1. The Morgan fingerprint density at radius 1 is 1.17 bits per heavy atom. The van der Waals surface area contributed by atoms with Gasteiger partial charge in [0, 0.05) is 30.0 Å². The van der Waals surface area contributed by atoms with Crippen LogP contribution in [0.15, 0.2) is 59.6 Å². The summed E-state index contributed by atoms with van der Waals surface area (Å²) in [6.07, 6.45) is 0.0909. The molecule has 2 atom stereocenters. The summed E-state index contributed by atoms with van der Waals surface area (Å²) in [7, 11) is 0. The number of carbonyl (C=O) groups is 3. The molecule has 2 amide bonds. The number of nitrogens with zero attached hydrogens (tertiary/aromatic N) is 3. The third kappa shape index (κ3) is 6.60. The second-order valence-electron chi connectivity index (χ2n) is 8.81. The lowest BCUT2D eigenvalue weighted by Crippen LogP contribution is -2.48. The number of rotatable bonds is 11. The van der Waals surface area contributed by atoms with Gasteiger partial charge in [0.1, 0.15) is 5.92 Å². The van der Waals surface area contributed by atoms with Gasteiger partial charge in [0.2, 0.25) is 0 Å². The molecule has 10 heteroatoms. The molecule has 0 aliphatic carbocycles. The monoisotopic (exact) mass is 494 g/mol. The fraction of sp³-hybridized carbons (Fsp3) is 0.385. The number of nitrogens with one attached hydrogen (secondary N) is 1. The smallest absolute Gasteiger partial charge is 0.344 e. The van der Waals surface area contributed by atoms with Gasteiger partial charge in [-0.3, -0.25) is 19.7 Å². The van der Waals surface area contributed by atoms with Gasteiger partial charge >= 0.3 is 12.0 Å². The molecule has 0 spiro atoms. The number of nitro groups is 1. The van der Waals surface area contributed by atoms with Gasteiger partial charge in [-0.25, -0.2) is 9.79 Å². The second-order valence-corrected chi connectivity index (χ2v) is 8.81. The highest BCUT2D eigenvalue weighted by Crippen LogP contribution is 2.36. The molecule has 2 aromatic rings. The summed E-state index contributed by atoms with van der Waals surface area (Å²) in [6, 6.07) is 13.5. The van der Waals surface area contributed by atoms with Crippen molar-refractivity contribution in [3.63, 3.8) is 0 Å². The molecule has 0 fully saturated rings. The first kappa shape index (κ1) is 26.7. The lowest BCUT2D eigenvalue weighted by Gasteiger charge is -2.38. The first-order valence-corrected chi connectivity index (χ1v) is 11.8. The molecule has 1 heterocycles. The van der Waals surface area contributed by atoms with Gasteiger partial charge in [-0.2, -0.15) is 0 Å². The molecule has 2 unspecified atom stereocenters. The fourth-order valence-corrected chi connectivity index (χ4v) is 4.15. The molecule has 0 saturated carbocycles. The number of esters is 1.